The third-order valence-electron chi connectivity index (χ3n) is 4.71. The van der Waals surface area contributed by atoms with Gasteiger partial charge in [-0.05, 0) is 38.0 Å². The fraction of sp³-hybridized carbons (Fsp3) is 0.812. The van der Waals surface area contributed by atoms with E-state index in [0.717, 1.165) is 43.1 Å². The number of anilines is 1. The van der Waals surface area contributed by atoms with E-state index in [0.29, 0.717) is 6.04 Å². The van der Waals surface area contributed by atoms with Crippen LogP contribution in [0.15, 0.2) is 6.20 Å². The van der Waals surface area contributed by atoms with Crippen molar-refractivity contribution in [3.05, 3.63) is 11.9 Å². The molecular formula is C16H29N3O. The Kier molecular flexibility index (Phi) is 5.46. The van der Waals surface area contributed by atoms with Crippen LogP contribution < -0.4 is 5.32 Å². The monoisotopic (exact) mass is 279 g/mol. The van der Waals surface area contributed by atoms with Crippen LogP contribution >= 0.6 is 0 Å². The highest BCUT2D eigenvalue weighted by Gasteiger charge is 2.32. The lowest BCUT2D eigenvalue weighted by atomic mass is 9.94. The minimum atomic E-state index is 0.572. The lowest BCUT2D eigenvalue weighted by Crippen LogP contribution is -2.26. The van der Waals surface area contributed by atoms with Crippen molar-refractivity contribution in [3.63, 3.8) is 0 Å². The molecule has 1 aromatic rings. The van der Waals surface area contributed by atoms with E-state index in [2.05, 4.69) is 41.8 Å². The SMILES string of the molecule is CCC1CCC(Nc2nc(C)cn2CCCOC)C1C. The van der Waals surface area contributed by atoms with Crippen molar-refractivity contribution < 1.29 is 4.74 Å². The summed E-state index contributed by atoms with van der Waals surface area (Å²) in [5.74, 6) is 2.64. The number of aromatic nitrogens is 2. The van der Waals surface area contributed by atoms with Crippen LogP contribution in [0.3, 0.4) is 0 Å². The molecule has 4 nitrogen and oxygen atoms in total. The summed E-state index contributed by atoms with van der Waals surface area (Å²) >= 11 is 0. The highest BCUT2D eigenvalue weighted by atomic mass is 16.5. The average molecular weight is 279 g/mol. The number of nitrogens with zero attached hydrogens (tertiary/aromatic N) is 2. The largest absolute Gasteiger partial charge is 0.385 e. The standard InChI is InChI=1S/C16H29N3O/c1-5-14-7-8-15(13(14)3)18-16-17-12(2)11-19(16)9-6-10-20-4/h11,13-15H,5-10H2,1-4H3,(H,17,18). The molecule has 114 valence electrons. The summed E-state index contributed by atoms with van der Waals surface area (Å²) in [5.41, 5.74) is 1.09. The molecular weight excluding hydrogens is 250 g/mol. The molecule has 0 saturated heterocycles. The molecule has 3 unspecified atom stereocenters. The molecule has 0 aliphatic heterocycles. The van der Waals surface area contributed by atoms with E-state index in [1.165, 1.54) is 19.3 Å². The van der Waals surface area contributed by atoms with Crippen molar-refractivity contribution in [2.24, 2.45) is 11.8 Å². The predicted molar refractivity (Wildman–Crippen MR) is 83.0 cm³/mol. The van der Waals surface area contributed by atoms with E-state index in [1.807, 2.05) is 0 Å². The van der Waals surface area contributed by atoms with Gasteiger partial charge in [-0.25, -0.2) is 4.98 Å². The topological polar surface area (TPSA) is 39.1 Å². The molecule has 1 fully saturated rings. The molecule has 1 aliphatic carbocycles. The van der Waals surface area contributed by atoms with Crippen LogP contribution in [0.2, 0.25) is 0 Å². The predicted octanol–water partition coefficient (Wildman–Crippen LogP) is 3.46. The van der Waals surface area contributed by atoms with Crippen molar-refractivity contribution in [1.82, 2.24) is 9.55 Å². The number of rotatable bonds is 7. The summed E-state index contributed by atoms with van der Waals surface area (Å²) in [6.07, 6.45) is 7.07. The quantitative estimate of drug-likeness (QED) is 0.777. The lowest BCUT2D eigenvalue weighted by molar-refractivity contribution is 0.190. The van der Waals surface area contributed by atoms with E-state index >= 15 is 0 Å². The molecule has 3 atom stereocenters. The molecule has 1 heterocycles. The maximum atomic E-state index is 5.14. The second kappa shape index (κ2) is 7.11. The molecule has 0 amide bonds. The Labute approximate surface area is 122 Å². The normalized spacial score (nSPS) is 26.1. The van der Waals surface area contributed by atoms with Gasteiger partial charge < -0.3 is 14.6 Å². The van der Waals surface area contributed by atoms with Crippen molar-refractivity contribution in [1.29, 1.82) is 0 Å². The van der Waals surface area contributed by atoms with E-state index in [9.17, 15) is 0 Å². The maximum absolute atomic E-state index is 5.14. The Morgan fingerprint density at radius 3 is 2.90 bits per heavy atom. The Morgan fingerprint density at radius 2 is 2.25 bits per heavy atom. The second-order valence-corrected chi connectivity index (χ2v) is 6.10. The molecule has 1 aromatic heterocycles. The number of hydrogen-bond donors (Lipinski definition) is 1. The second-order valence-electron chi connectivity index (χ2n) is 6.10. The third-order valence-corrected chi connectivity index (χ3v) is 4.71. The molecule has 0 spiro atoms. The minimum Gasteiger partial charge on any atom is -0.385 e. The van der Waals surface area contributed by atoms with E-state index in [1.54, 1.807) is 7.11 Å². The van der Waals surface area contributed by atoms with Gasteiger partial charge in [0.1, 0.15) is 0 Å². The summed E-state index contributed by atoms with van der Waals surface area (Å²) in [4.78, 5) is 4.65. The molecule has 4 heteroatoms. The number of imidazole rings is 1. The van der Waals surface area contributed by atoms with Crippen molar-refractivity contribution >= 4 is 5.95 Å². The zero-order chi connectivity index (χ0) is 14.5. The number of nitrogens with one attached hydrogen (secondary N) is 1. The summed E-state index contributed by atoms with van der Waals surface area (Å²) in [7, 11) is 1.75. The summed E-state index contributed by atoms with van der Waals surface area (Å²) in [5, 5.41) is 3.68. The van der Waals surface area contributed by atoms with E-state index in [-0.39, 0.29) is 0 Å². The first-order chi connectivity index (χ1) is 9.65. The van der Waals surface area contributed by atoms with Crippen LogP contribution in [0.1, 0.15) is 45.2 Å². The van der Waals surface area contributed by atoms with Gasteiger partial charge in [0.15, 0.2) is 0 Å². The number of ether oxygens (including phenoxy) is 1. The van der Waals surface area contributed by atoms with E-state index < -0.39 is 0 Å². The van der Waals surface area contributed by atoms with Crippen LogP contribution in [0.5, 0.6) is 0 Å². The molecule has 0 radical (unpaired) electrons. The fourth-order valence-corrected chi connectivity index (χ4v) is 3.40. The van der Waals surface area contributed by atoms with Gasteiger partial charge in [-0.2, -0.15) is 0 Å². The number of methoxy groups -OCH3 is 1. The minimum absolute atomic E-state index is 0.572. The van der Waals surface area contributed by atoms with Crippen LogP contribution in [0, 0.1) is 18.8 Å². The van der Waals surface area contributed by atoms with Gasteiger partial charge in [0, 0.05) is 32.5 Å². The van der Waals surface area contributed by atoms with Crippen LogP contribution in [0.25, 0.3) is 0 Å². The van der Waals surface area contributed by atoms with Crippen LogP contribution in [-0.2, 0) is 11.3 Å². The van der Waals surface area contributed by atoms with Gasteiger partial charge in [0.25, 0.3) is 0 Å². The summed E-state index contributed by atoms with van der Waals surface area (Å²) in [6, 6.07) is 0.572. The molecule has 1 saturated carbocycles. The molecule has 20 heavy (non-hydrogen) atoms. The van der Waals surface area contributed by atoms with Gasteiger partial charge in [-0.3, -0.25) is 0 Å². The maximum Gasteiger partial charge on any atom is 0.203 e. The zero-order valence-electron chi connectivity index (χ0n) is 13.4. The van der Waals surface area contributed by atoms with Crippen molar-refractivity contribution in [2.75, 3.05) is 19.0 Å². The van der Waals surface area contributed by atoms with Crippen molar-refractivity contribution in [2.45, 2.75) is 59.0 Å². The summed E-state index contributed by atoms with van der Waals surface area (Å²) in [6.45, 7) is 8.51. The number of aryl methyl sites for hydroxylation is 2. The molecule has 2 rings (SSSR count). The van der Waals surface area contributed by atoms with Crippen LogP contribution in [0.4, 0.5) is 5.95 Å². The average Bonchev–Trinajstić information content (AvgIpc) is 2.95. The Balaban J connectivity index is 1.98. The molecule has 0 aromatic carbocycles. The first-order valence-electron chi connectivity index (χ1n) is 7.95. The van der Waals surface area contributed by atoms with Gasteiger partial charge in [0.2, 0.25) is 5.95 Å². The van der Waals surface area contributed by atoms with Gasteiger partial charge >= 0.3 is 0 Å². The number of hydrogen-bond acceptors (Lipinski definition) is 3. The molecule has 1 N–H and O–H groups in total. The Hall–Kier alpha value is -1.03. The first-order valence-corrected chi connectivity index (χ1v) is 7.95. The first kappa shape index (κ1) is 15.4. The Morgan fingerprint density at radius 1 is 1.45 bits per heavy atom. The van der Waals surface area contributed by atoms with Crippen molar-refractivity contribution in [3.8, 4) is 0 Å². The van der Waals surface area contributed by atoms with Gasteiger partial charge in [0.05, 0.1) is 5.69 Å². The van der Waals surface area contributed by atoms with Gasteiger partial charge in [-0.1, -0.05) is 20.3 Å². The molecule has 0 bridgehead atoms. The highest BCUT2D eigenvalue weighted by molar-refractivity contribution is 5.31. The third kappa shape index (κ3) is 3.54. The smallest absolute Gasteiger partial charge is 0.203 e. The fourth-order valence-electron chi connectivity index (χ4n) is 3.40. The van der Waals surface area contributed by atoms with Crippen LogP contribution in [-0.4, -0.2) is 29.3 Å². The Bertz CT molecular complexity index is 416. The van der Waals surface area contributed by atoms with E-state index in [4.69, 9.17) is 4.74 Å². The lowest BCUT2D eigenvalue weighted by Gasteiger charge is -2.22. The molecule has 1 aliphatic rings. The van der Waals surface area contributed by atoms with Gasteiger partial charge in [-0.15, -0.1) is 0 Å². The summed E-state index contributed by atoms with van der Waals surface area (Å²) < 4.78 is 7.37. The zero-order valence-corrected chi connectivity index (χ0v) is 13.4. The highest BCUT2D eigenvalue weighted by Crippen LogP contribution is 2.35.